The van der Waals surface area contributed by atoms with Gasteiger partial charge in [-0.25, -0.2) is 18.7 Å². The highest BCUT2D eigenvalue weighted by molar-refractivity contribution is 7.80. The zero-order valence-corrected chi connectivity index (χ0v) is 26.4. The van der Waals surface area contributed by atoms with E-state index in [4.69, 9.17) is 24.3 Å². The van der Waals surface area contributed by atoms with Crippen LogP contribution in [0.4, 0.5) is 5.82 Å². The summed E-state index contributed by atoms with van der Waals surface area (Å²) in [6.07, 6.45) is -11.7. The van der Waals surface area contributed by atoms with Crippen molar-refractivity contribution in [2.75, 3.05) is 31.2 Å². The number of phosphoric acid groups is 1. The first-order chi connectivity index (χ1) is 22.0. The molecule has 0 bridgehead atoms. The number of aliphatic hydroxyl groups is 5. The molecule has 47 heavy (non-hydrogen) atoms. The number of nitrogens with one attached hydrogen (secondary N) is 2. The number of anilines is 1. The summed E-state index contributed by atoms with van der Waals surface area (Å²) < 4.78 is 34.3. The number of nitrogens with zero attached hydrogens (tertiary/aromatic N) is 2. The fraction of sp³-hybridized carbons (Fsp3) is 0.708. The van der Waals surface area contributed by atoms with Crippen LogP contribution in [0.1, 0.15) is 31.9 Å². The number of aliphatic hydroxyl groups excluding tert-OH is 5. The number of ether oxygens (including phenoxy) is 2. The Morgan fingerprint density at radius 3 is 2.55 bits per heavy atom. The Hall–Kier alpha value is -2.73. The first kappa shape index (κ1) is 38.7. The van der Waals surface area contributed by atoms with Crippen LogP contribution in [0.15, 0.2) is 17.1 Å². The molecule has 0 aromatic carbocycles. The maximum Gasteiger partial charge on any atom is 0.475 e. The van der Waals surface area contributed by atoms with E-state index in [2.05, 4.69) is 28.2 Å². The van der Waals surface area contributed by atoms with E-state index >= 15 is 0 Å². The van der Waals surface area contributed by atoms with Crippen LogP contribution < -0.4 is 22.1 Å². The molecule has 3 heterocycles. The third kappa shape index (κ3) is 10.1. The minimum atomic E-state index is -5.50. The summed E-state index contributed by atoms with van der Waals surface area (Å²) in [7, 11) is -5.50. The van der Waals surface area contributed by atoms with Crippen LogP contribution >= 0.6 is 20.5 Å². The van der Waals surface area contributed by atoms with Crippen molar-refractivity contribution >= 4 is 44.1 Å². The summed E-state index contributed by atoms with van der Waals surface area (Å²) in [5.41, 5.74) is 4.49. The molecule has 266 valence electrons. The number of carboxylic acid groups (broad SMARTS) is 1. The Balaban J connectivity index is 1.72. The van der Waals surface area contributed by atoms with Gasteiger partial charge in [0.2, 0.25) is 11.8 Å². The Morgan fingerprint density at radius 1 is 1.23 bits per heavy atom. The van der Waals surface area contributed by atoms with Crippen molar-refractivity contribution < 1.29 is 73.0 Å². The standard InChI is InChI=1S/C24H38N5O16PS/c25-15-3-4-29(23(39)27-15)21-20(36)19(35)14(43-21)10-42-46(40,41)45-24(22(37)38)7-12(32)18(13(44-24)6-11(31)9-30)28-17(34)8-26-16(33)2-1-5-47/h3-4,11-14,18-21,30-32,35-36,47H,1-2,5-10H2,(H,26,33)(H,28,34)(H,37,38)(H,40,41)(H2,25,27,39)/t11-,12+,13?,14?,18?,19?,20?,21?,24+/m0/s1. The molecular weight excluding hydrogens is 677 g/mol. The molecule has 2 amide bonds. The number of carboxylic acids is 1. The molecule has 23 heteroatoms. The van der Waals surface area contributed by atoms with E-state index in [1.165, 1.54) is 6.07 Å². The molecule has 1 aromatic rings. The van der Waals surface area contributed by atoms with Crippen molar-refractivity contribution in [3.8, 4) is 0 Å². The fourth-order valence-corrected chi connectivity index (χ4v) is 5.93. The molecule has 3 rings (SSSR count). The second kappa shape index (κ2) is 16.6. The highest BCUT2D eigenvalue weighted by Gasteiger charge is 2.57. The third-order valence-corrected chi connectivity index (χ3v) is 8.46. The van der Waals surface area contributed by atoms with Crippen molar-refractivity contribution in [2.24, 2.45) is 0 Å². The van der Waals surface area contributed by atoms with Crippen LogP contribution in [0, 0.1) is 0 Å². The lowest BCUT2D eigenvalue weighted by atomic mass is 9.90. The molecular formula is C24H38N5O16PS. The van der Waals surface area contributed by atoms with Gasteiger partial charge in [0.15, 0.2) is 6.23 Å². The molecule has 0 spiro atoms. The van der Waals surface area contributed by atoms with Gasteiger partial charge in [0.05, 0.1) is 44.1 Å². The van der Waals surface area contributed by atoms with E-state index in [1.54, 1.807) is 0 Å². The SMILES string of the molecule is Nc1ccn(C2OC(COP(=O)(O)O[C@@]3(C(=O)O)C[C@@H](O)C(NC(=O)CNC(=O)CCCS)C(C[C@H](O)CO)O3)C(O)C2O)c(=O)n1. The molecule has 2 aliphatic heterocycles. The first-order valence-electron chi connectivity index (χ1n) is 14.1. The average molecular weight is 716 g/mol. The maximum absolute atomic E-state index is 13.0. The average Bonchev–Trinajstić information content (AvgIpc) is 3.28. The number of nitrogen functional groups attached to an aromatic ring is 1. The Morgan fingerprint density at radius 2 is 1.94 bits per heavy atom. The highest BCUT2D eigenvalue weighted by Crippen LogP contribution is 2.51. The smallest absolute Gasteiger partial charge is 0.475 e. The van der Waals surface area contributed by atoms with E-state index in [9.17, 15) is 59.3 Å². The number of nitrogens with two attached hydrogens (primary N) is 1. The minimum Gasteiger partial charge on any atom is -0.477 e. The summed E-state index contributed by atoms with van der Waals surface area (Å²) in [5.74, 6) is -6.15. The van der Waals surface area contributed by atoms with Gasteiger partial charge in [0.1, 0.15) is 24.1 Å². The molecule has 0 saturated carbocycles. The fourth-order valence-electron chi connectivity index (χ4n) is 4.82. The second-order valence-electron chi connectivity index (χ2n) is 10.7. The third-order valence-electron chi connectivity index (χ3n) is 7.14. The van der Waals surface area contributed by atoms with Crippen molar-refractivity contribution in [3.05, 3.63) is 22.7 Å². The van der Waals surface area contributed by atoms with Gasteiger partial charge in [0, 0.05) is 25.5 Å². The number of carbonyl (C=O) groups is 3. The number of carbonyl (C=O) groups excluding carboxylic acids is 2. The van der Waals surface area contributed by atoms with E-state index in [0.717, 1.165) is 10.8 Å². The minimum absolute atomic E-state index is 0.0894. The lowest BCUT2D eigenvalue weighted by Gasteiger charge is -2.45. The quantitative estimate of drug-likeness (QED) is 0.0568. The summed E-state index contributed by atoms with van der Waals surface area (Å²) in [4.78, 5) is 62.8. The van der Waals surface area contributed by atoms with Crippen molar-refractivity contribution in [1.82, 2.24) is 20.2 Å². The van der Waals surface area contributed by atoms with Crippen LogP contribution in [0.25, 0.3) is 0 Å². The summed E-state index contributed by atoms with van der Waals surface area (Å²) >= 11 is 3.99. The van der Waals surface area contributed by atoms with Gasteiger partial charge in [-0.3, -0.25) is 18.7 Å². The van der Waals surface area contributed by atoms with Crippen molar-refractivity contribution in [3.63, 3.8) is 0 Å². The number of hydrogen-bond donors (Lipinski definition) is 11. The number of hydrogen-bond acceptors (Lipinski definition) is 17. The largest absolute Gasteiger partial charge is 0.477 e. The summed E-state index contributed by atoms with van der Waals surface area (Å²) in [5, 5.41) is 65.7. The van der Waals surface area contributed by atoms with Gasteiger partial charge in [-0.1, -0.05) is 0 Å². The Kier molecular flexibility index (Phi) is 13.7. The van der Waals surface area contributed by atoms with E-state index < -0.39 is 119 Å². The molecule has 7 unspecified atom stereocenters. The van der Waals surface area contributed by atoms with Crippen LogP contribution in [-0.2, 0) is 37.5 Å². The number of aromatic nitrogens is 2. The summed E-state index contributed by atoms with van der Waals surface area (Å²) in [6, 6.07) is -0.250. The van der Waals surface area contributed by atoms with E-state index in [1.807, 2.05) is 0 Å². The zero-order valence-electron chi connectivity index (χ0n) is 24.6. The zero-order chi connectivity index (χ0) is 35.1. The Bertz CT molecular complexity index is 1370. The first-order valence-corrected chi connectivity index (χ1v) is 16.2. The Labute approximate surface area is 271 Å². The van der Waals surface area contributed by atoms with Gasteiger partial charge in [-0.05, 0) is 18.2 Å². The molecule has 2 fully saturated rings. The van der Waals surface area contributed by atoms with Crippen LogP contribution in [0.5, 0.6) is 0 Å². The molecule has 1 aromatic heterocycles. The van der Waals surface area contributed by atoms with Gasteiger partial charge >= 0.3 is 19.5 Å². The van der Waals surface area contributed by atoms with Crippen molar-refractivity contribution in [1.29, 1.82) is 0 Å². The predicted molar refractivity (Wildman–Crippen MR) is 157 cm³/mol. The van der Waals surface area contributed by atoms with Gasteiger partial charge < -0.3 is 61.4 Å². The van der Waals surface area contributed by atoms with Gasteiger partial charge in [-0.2, -0.15) is 17.6 Å². The van der Waals surface area contributed by atoms with Crippen LogP contribution in [0.3, 0.4) is 0 Å². The lowest BCUT2D eigenvalue weighted by Crippen LogP contribution is -2.64. The van der Waals surface area contributed by atoms with Gasteiger partial charge in [-0.15, -0.1) is 0 Å². The van der Waals surface area contributed by atoms with E-state index in [-0.39, 0.29) is 12.2 Å². The number of amides is 2. The van der Waals surface area contributed by atoms with Crippen LogP contribution in [-0.4, -0.2) is 137 Å². The molecule has 2 aliphatic rings. The number of rotatable bonds is 16. The van der Waals surface area contributed by atoms with Crippen molar-refractivity contribution in [2.45, 2.75) is 80.4 Å². The number of thiol groups is 1. The lowest BCUT2D eigenvalue weighted by molar-refractivity contribution is -0.273. The topological polar surface area (TPSA) is 332 Å². The maximum atomic E-state index is 13.0. The highest BCUT2D eigenvalue weighted by atomic mass is 32.1. The molecule has 11 N–H and O–H groups in total. The second-order valence-corrected chi connectivity index (χ2v) is 12.5. The number of aliphatic carboxylic acids is 1. The molecule has 10 atom stereocenters. The van der Waals surface area contributed by atoms with Crippen LogP contribution in [0.2, 0.25) is 0 Å². The monoisotopic (exact) mass is 715 g/mol. The number of phosphoric ester groups is 1. The molecule has 21 nitrogen and oxygen atoms in total. The summed E-state index contributed by atoms with van der Waals surface area (Å²) in [6.45, 7) is -2.39. The normalized spacial score (nSPS) is 31.1. The molecule has 2 saturated heterocycles. The van der Waals surface area contributed by atoms with Gasteiger partial charge in [0.25, 0.3) is 5.79 Å². The van der Waals surface area contributed by atoms with E-state index in [0.29, 0.717) is 12.2 Å². The molecule has 0 aliphatic carbocycles. The molecule has 0 radical (unpaired) electrons. The predicted octanol–water partition coefficient (Wildman–Crippen LogP) is -4.44.